The number of hydrogen-bond acceptors (Lipinski definition) is 4. The van der Waals surface area contributed by atoms with E-state index < -0.39 is 0 Å². The predicted molar refractivity (Wildman–Crippen MR) is 179 cm³/mol. The van der Waals surface area contributed by atoms with Crippen LogP contribution in [0.2, 0.25) is 0 Å². The summed E-state index contributed by atoms with van der Waals surface area (Å²) in [6.07, 6.45) is 1.81. The van der Waals surface area contributed by atoms with Gasteiger partial charge >= 0.3 is 0 Å². The summed E-state index contributed by atoms with van der Waals surface area (Å²) in [7, 11) is 0. The van der Waals surface area contributed by atoms with Crippen LogP contribution in [-0.2, 0) is 20.1 Å². The van der Waals surface area contributed by atoms with Crippen LogP contribution in [0.3, 0.4) is 0 Å². The van der Waals surface area contributed by atoms with E-state index in [-0.39, 0.29) is 20.1 Å². The van der Waals surface area contributed by atoms with Crippen LogP contribution in [0.5, 0.6) is 0 Å². The third-order valence-corrected chi connectivity index (χ3v) is 7.78. The van der Waals surface area contributed by atoms with Crippen molar-refractivity contribution >= 4 is 0 Å². The van der Waals surface area contributed by atoms with Gasteiger partial charge in [0.25, 0.3) is 0 Å². The molecule has 0 fully saturated rings. The molecule has 1 radical (unpaired) electrons. The van der Waals surface area contributed by atoms with Crippen LogP contribution in [-0.4, -0.2) is 19.9 Å². The van der Waals surface area contributed by atoms with E-state index in [0.29, 0.717) is 17.5 Å². The quantitative estimate of drug-likeness (QED) is 0.159. The molecule has 0 saturated heterocycles. The average molecular weight is 758 g/mol. The van der Waals surface area contributed by atoms with Gasteiger partial charge in [-0.3, -0.25) is 0 Å². The summed E-state index contributed by atoms with van der Waals surface area (Å²) in [5.74, 6) is 1.92. The Balaban J connectivity index is 0.00000357. The van der Waals surface area contributed by atoms with Gasteiger partial charge in [-0.05, 0) is 59.5 Å². The van der Waals surface area contributed by atoms with Crippen molar-refractivity contribution in [2.45, 2.75) is 13.8 Å². The zero-order valence-corrected chi connectivity index (χ0v) is 27.3. The Labute approximate surface area is 277 Å². The minimum absolute atomic E-state index is 0. The van der Waals surface area contributed by atoms with Crippen LogP contribution in [0.4, 0.5) is 0 Å². The van der Waals surface area contributed by atoms with Gasteiger partial charge in [-0.1, -0.05) is 103 Å². The van der Waals surface area contributed by atoms with Crippen LogP contribution in [0.1, 0.15) is 11.1 Å². The van der Waals surface area contributed by atoms with E-state index in [1.807, 2.05) is 91.1 Å². The molecule has 0 aliphatic rings. The van der Waals surface area contributed by atoms with E-state index in [1.165, 1.54) is 16.7 Å². The molecule has 0 unspecified atom stereocenters. The molecule has 219 valence electrons. The summed E-state index contributed by atoms with van der Waals surface area (Å²) >= 11 is 0. The molecule has 0 spiro atoms. The second-order valence-corrected chi connectivity index (χ2v) is 10.8. The van der Waals surface area contributed by atoms with Crippen molar-refractivity contribution in [3.8, 4) is 67.7 Å². The Morgan fingerprint density at radius 3 is 1.69 bits per heavy atom. The molecule has 5 heteroatoms. The van der Waals surface area contributed by atoms with Crippen molar-refractivity contribution in [2.75, 3.05) is 0 Å². The van der Waals surface area contributed by atoms with Crippen molar-refractivity contribution in [3.05, 3.63) is 157 Å². The van der Waals surface area contributed by atoms with Crippen LogP contribution >= 0.6 is 0 Å². The van der Waals surface area contributed by atoms with Gasteiger partial charge in [-0.2, -0.15) is 0 Å². The number of rotatable bonds is 6. The summed E-state index contributed by atoms with van der Waals surface area (Å²) < 4.78 is 0. The number of pyridine rings is 1. The van der Waals surface area contributed by atoms with Crippen LogP contribution in [0, 0.1) is 19.9 Å². The number of hydrogen-bond donors (Lipinski definition) is 0. The smallest absolute Gasteiger partial charge is 0.164 e. The first-order valence-electron chi connectivity index (χ1n) is 14.7. The molecule has 2 aromatic heterocycles. The number of benzene rings is 5. The maximum Gasteiger partial charge on any atom is 0.164 e. The van der Waals surface area contributed by atoms with Crippen molar-refractivity contribution in [3.63, 3.8) is 0 Å². The molecular weight excluding hydrogens is 729 g/mol. The minimum atomic E-state index is 0. The second kappa shape index (κ2) is 13.3. The molecule has 7 aromatic rings. The number of aryl methyl sites for hydroxylation is 2. The molecule has 7 rings (SSSR count). The molecule has 4 nitrogen and oxygen atoms in total. The van der Waals surface area contributed by atoms with Gasteiger partial charge in [0.15, 0.2) is 17.5 Å². The van der Waals surface area contributed by atoms with E-state index in [2.05, 4.69) is 73.4 Å². The van der Waals surface area contributed by atoms with Gasteiger partial charge in [0, 0.05) is 43.0 Å². The maximum atomic E-state index is 5.00. The molecule has 0 aliphatic heterocycles. The van der Waals surface area contributed by atoms with Gasteiger partial charge in [0.1, 0.15) is 0 Å². The Hall–Kier alpha value is -5.09. The normalized spacial score (nSPS) is 10.7. The van der Waals surface area contributed by atoms with Gasteiger partial charge in [-0.25, -0.2) is 15.0 Å². The Bertz CT molecular complexity index is 2000. The first kappa shape index (κ1) is 30.0. The summed E-state index contributed by atoms with van der Waals surface area (Å²) in [5.41, 5.74) is 11.6. The summed E-state index contributed by atoms with van der Waals surface area (Å²) in [5, 5.41) is 0. The molecule has 0 amide bonds. The van der Waals surface area contributed by atoms with Crippen LogP contribution in [0.25, 0.3) is 67.7 Å². The molecule has 0 atom stereocenters. The Morgan fingerprint density at radius 2 is 1.09 bits per heavy atom. The zero-order chi connectivity index (χ0) is 29.9. The van der Waals surface area contributed by atoms with Crippen LogP contribution < -0.4 is 0 Å². The first-order valence-corrected chi connectivity index (χ1v) is 14.7. The van der Waals surface area contributed by atoms with Crippen molar-refractivity contribution < 1.29 is 20.1 Å². The standard InChI is InChI=1S/C40H29N4.Ir/c1-27-13-11-14-28(2)37(27)35-26-33(22-23-34(35)31-19-12-20-32(25-31)36-21-9-10-24-41-36)40-43-38(29-15-5-3-6-16-29)42-39(44-40)30-17-7-4-8-18-30;/h3-19,21-26H,1-2H3;/q-1;. The van der Waals surface area contributed by atoms with Crippen molar-refractivity contribution in [2.24, 2.45) is 0 Å². The minimum Gasteiger partial charge on any atom is -0.305 e. The molecular formula is C40H29IrN4-. The second-order valence-electron chi connectivity index (χ2n) is 10.8. The van der Waals surface area contributed by atoms with Crippen molar-refractivity contribution in [1.82, 2.24) is 19.9 Å². The van der Waals surface area contributed by atoms with E-state index >= 15 is 0 Å². The summed E-state index contributed by atoms with van der Waals surface area (Å²) in [6, 6.07) is 48.7. The topological polar surface area (TPSA) is 51.6 Å². The number of aromatic nitrogens is 4. The summed E-state index contributed by atoms with van der Waals surface area (Å²) in [4.78, 5) is 19.4. The average Bonchev–Trinajstić information content (AvgIpc) is 3.09. The first-order chi connectivity index (χ1) is 21.6. The fraction of sp³-hybridized carbons (Fsp3) is 0.0500. The fourth-order valence-electron chi connectivity index (χ4n) is 5.62. The molecule has 0 bridgehead atoms. The molecule has 5 aromatic carbocycles. The molecule has 0 aliphatic carbocycles. The summed E-state index contributed by atoms with van der Waals surface area (Å²) in [6.45, 7) is 4.33. The zero-order valence-electron chi connectivity index (χ0n) is 24.9. The molecule has 2 heterocycles. The Morgan fingerprint density at radius 1 is 0.489 bits per heavy atom. The largest absolute Gasteiger partial charge is 0.305 e. The molecule has 45 heavy (non-hydrogen) atoms. The maximum absolute atomic E-state index is 5.00. The van der Waals surface area contributed by atoms with E-state index in [1.54, 1.807) is 0 Å². The van der Waals surface area contributed by atoms with Gasteiger partial charge in [0.2, 0.25) is 0 Å². The van der Waals surface area contributed by atoms with Gasteiger partial charge in [-0.15, -0.1) is 35.4 Å². The van der Waals surface area contributed by atoms with Crippen molar-refractivity contribution in [1.29, 1.82) is 0 Å². The third kappa shape index (κ3) is 6.27. The van der Waals surface area contributed by atoms with Crippen LogP contribution in [0.15, 0.2) is 140 Å². The van der Waals surface area contributed by atoms with E-state index in [9.17, 15) is 0 Å². The molecule has 0 saturated carbocycles. The Kier molecular flexibility index (Phi) is 8.84. The monoisotopic (exact) mass is 758 g/mol. The van der Waals surface area contributed by atoms with Gasteiger partial charge in [0.05, 0.1) is 0 Å². The fourth-order valence-corrected chi connectivity index (χ4v) is 5.62. The molecule has 0 N–H and O–H groups in total. The van der Waals surface area contributed by atoms with Gasteiger partial charge < -0.3 is 4.98 Å². The number of nitrogens with zero attached hydrogens (tertiary/aromatic N) is 4. The predicted octanol–water partition coefficient (Wildman–Crippen LogP) is 9.68. The van der Waals surface area contributed by atoms with E-state index in [0.717, 1.165) is 44.6 Å². The SMILES string of the molecule is Cc1cccc(C)c1-c1cc(-c2nc(-c3ccccc3)nc(-c3ccccc3)n2)ccc1-c1cc[c-]c(-c2ccccn2)c1.[Ir]. The van der Waals surface area contributed by atoms with E-state index in [4.69, 9.17) is 15.0 Å². The third-order valence-electron chi connectivity index (χ3n) is 7.78.